The van der Waals surface area contributed by atoms with Crippen molar-refractivity contribution in [1.82, 2.24) is 10.3 Å². The van der Waals surface area contributed by atoms with Crippen LogP contribution >= 0.6 is 11.3 Å². The van der Waals surface area contributed by atoms with Crippen LogP contribution in [0.1, 0.15) is 20.8 Å². The van der Waals surface area contributed by atoms with Crippen LogP contribution in [0.2, 0.25) is 0 Å². The lowest BCUT2D eigenvalue weighted by Gasteiger charge is -2.20. The summed E-state index contributed by atoms with van der Waals surface area (Å²) in [4.78, 5) is 15.9. The molecule has 0 saturated carbocycles. The molecule has 4 nitrogen and oxygen atoms in total. The van der Waals surface area contributed by atoms with Gasteiger partial charge in [-0.2, -0.15) is 0 Å². The molecule has 2 aromatic rings. The van der Waals surface area contributed by atoms with Gasteiger partial charge in [0.1, 0.15) is 0 Å². The molecule has 0 atom stereocenters. The number of rotatable bonds is 1. The Hall–Kier alpha value is -1.62. The van der Waals surface area contributed by atoms with Crippen molar-refractivity contribution >= 4 is 33.3 Å². The fraction of sp³-hybridized carbons (Fsp3) is 0.333. The largest absolute Gasteiger partial charge is 0.333 e. The molecule has 2 N–H and O–H groups in total. The fourth-order valence-electron chi connectivity index (χ4n) is 1.44. The van der Waals surface area contributed by atoms with Crippen molar-refractivity contribution in [2.75, 3.05) is 5.32 Å². The van der Waals surface area contributed by atoms with E-state index in [2.05, 4.69) is 15.6 Å². The Labute approximate surface area is 104 Å². The van der Waals surface area contributed by atoms with Crippen molar-refractivity contribution in [3.63, 3.8) is 0 Å². The average molecular weight is 249 g/mol. The first-order valence-corrected chi connectivity index (χ1v) is 6.24. The maximum Gasteiger partial charge on any atom is 0.319 e. The zero-order valence-electron chi connectivity index (χ0n) is 10.1. The minimum atomic E-state index is -0.237. The van der Waals surface area contributed by atoms with Gasteiger partial charge in [0, 0.05) is 11.2 Å². The Morgan fingerprint density at radius 2 is 2.12 bits per heavy atom. The van der Waals surface area contributed by atoms with E-state index in [1.165, 1.54) is 0 Å². The van der Waals surface area contributed by atoms with Gasteiger partial charge in [0.05, 0.1) is 15.7 Å². The van der Waals surface area contributed by atoms with Crippen LogP contribution in [0.3, 0.4) is 0 Å². The van der Waals surface area contributed by atoms with E-state index in [4.69, 9.17) is 0 Å². The standard InChI is InChI=1S/C12H15N3OS/c1-12(2,3)15-11(16)14-8-4-5-9-10(6-8)17-7-13-9/h4-7H,1-3H3,(H2,14,15,16). The Bertz CT molecular complexity index is 542. The van der Waals surface area contributed by atoms with Crippen LogP contribution in [0, 0.1) is 0 Å². The number of anilines is 1. The molecule has 1 heterocycles. The summed E-state index contributed by atoms with van der Waals surface area (Å²) in [5.74, 6) is 0. The first-order valence-electron chi connectivity index (χ1n) is 5.36. The molecule has 0 unspecified atom stereocenters. The maximum atomic E-state index is 11.7. The van der Waals surface area contributed by atoms with E-state index < -0.39 is 0 Å². The maximum absolute atomic E-state index is 11.7. The van der Waals surface area contributed by atoms with E-state index in [0.717, 1.165) is 15.9 Å². The van der Waals surface area contributed by atoms with Gasteiger partial charge in [-0.05, 0) is 39.0 Å². The average Bonchev–Trinajstić information content (AvgIpc) is 2.61. The monoisotopic (exact) mass is 249 g/mol. The van der Waals surface area contributed by atoms with Gasteiger partial charge in [-0.15, -0.1) is 11.3 Å². The predicted molar refractivity (Wildman–Crippen MR) is 71.5 cm³/mol. The highest BCUT2D eigenvalue weighted by Gasteiger charge is 2.13. The molecule has 0 aliphatic heterocycles. The number of carbonyl (C=O) groups is 1. The number of urea groups is 1. The van der Waals surface area contributed by atoms with Crippen LogP contribution in [-0.2, 0) is 0 Å². The topological polar surface area (TPSA) is 54.0 Å². The highest BCUT2D eigenvalue weighted by atomic mass is 32.1. The number of hydrogen-bond donors (Lipinski definition) is 2. The van der Waals surface area contributed by atoms with E-state index in [9.17, 15) is 4.79 Å². The normalized spacial score (nSPS) is 11.5. The molecule has 0 bridgehead atoms. The quantitative estimate of drug-likeness (QED) is 0.815. The fourth-order valence-corrected chi connectivity index (χ4v) is 2.15. The summed E-state index contributed by atoms with van der Waals surface area (Å²) in [7, 11) is 0. The molecule has 0 aliphatic carbocycles. The smallest absolute Gasteiger partial charge is 0.319 e. The number of fused-ring (bicyclic) bond motifs is 1. The first-order chi connectivity index (χ1) is 7.94. The number of amides is 2. The second kappa shape index (κ2) is 4.33. The van der Waals surface area contributed by atoms with Gasteiger partial charge < -0.3 is 10.6 Å². The highest BCUT2D eigenvalue weighted by Crippen LogP contribution is 2.21. The van der Waals surface area contributed by atoms with Crippen molar-refractivity contribution in [2.24, 2.45) is 0 Å². The Morgan fingerprint density at radius 1 is 1.35 bits per heavy atom. The van der Waals surface area contributed by atoms with Crippen LogP contribution in [-0.4, -0.2) is 16.6 Å². The SMILES string of the molecule is CC(C)(C)NC(=O)Nc1ccc2ncsc2c1. The van der Waals surface area contributed by atoms with Crippen molar-refractivity contribution in [3.8, 4) is 0 Å². The summed E-state index contributed by atoms with van der Waals surface area (Å²) < 4.78 is 1.07. The number of carbonyl (C=O) groups excluding carboxylic acids is 1. The van der Waals surface area contributed by atoms with Crippen LogP contribution in [0.25, 0.3) is 10.2 Å². The van der Waals surface area contributed by atoms with Gasteiger partial charge >= 0.3 is 6.03 Å². The first kappa shape index (κ1) is 11.9. The molecule has 0 fully saturated rings. The van der Waals surface area contributed by atoms with Gasteiger partial charge in [0.2, 0.25) is 0 Å². The third kappa shape index (κ3) is 3.17. The van der Waals surface area contributed by atoms with E-state index >= 15 is 0 Å². The van der Waals surface area contributed by atoms with Gasteiger partial charge in [-0.25, -0.2) is 9.78 Å². The highest BCUT2D eigenvalue weighted by molar-refractivity contribution is 7.16. The molecule has 0 spiro atoms. The Balaban J connectivity index is 2.10. The van der Waals surface area contributed by atoms with Crippen LogP contribution in [0.15, 0.2) is 23.7 Å². The van der Waals surface area contributed by atoms with Crippen LogP contribution in [0.4, 0.5) is 10.5 Å². The van der Waals surface area contributed by atoms with Crippen LogP contribution < -0.4 is 10.6 Å². The number of nitrogens with zero attached hydrogens (tertiary/aromatic N) is 1. The number of nitrogens with one attached hydrogen (secondary N) is 2. The lowest BCUT2D eigenvalue weighted by molar-refractivity contribution is 0.244. The van der Waals surface area contributed by atoms with Gasteiger partial charge in [0.25, 0.3) is 0 Å². The molecular weight excluding hydrogens is 234 g/mol. The summed E-state index contributed by atoms with van der Waals surface area (Å²) >= 11 is 1.56. The Kier molecular flexibility index (Phi) is 3.02. The molecule has 2 rings (SSSR count). The number of aromatic nitrogens is 1. The molecule has 0 radical (unpaired) electrons. The van der Waals surface area contributed by atoms with Gasteiger partial charge in [-0.1, -0.05) is 0 Å². The summed E-state index contributed by atoms with van der Waals surface area (Å²) in [6, 6.07) is 5.49. The van der Waals surface area contributed by atoms with E-state index in [1.54, 1.807) is 16.8 Å². The summed E-state index contributed by atoms with van der Waals surface area (Å²) in [5, 5.41) is 5.66. The third-order valence-corrected chi connectivity index (χ3v) is 2.87. The number of hydrogen-bond acceptors (Lipinski definition) is 3. The van der Waals surface area contributed by atoms with E-state index in [1.807, 2.05) is 39.0 Å². The van der Waals surface area contributed by atoms with Gasteiger partial charge in [-0.3, -0.25) is 0 Å². The molecule has 0 aliphatic rings. The lowest BCUT2D eigenvalue weighted by atomic mass is 10.1. The second-order valence-electron chi connectivity index (χ2n) is 4.86. The van der Waals surface area contributed by atoms with Crippen molar-refractivity contribution < 1.29 is 4.79 Å². The molecular formula is C12H15N3OS. The molecule has 2 amide bonds. The van der Waals surface area contributed by atoms with E-state index in [0.29, 0.717) is 0 Å². The minimum Gasteiger partial charge on any atom is -0.333 e. The number of thiazole rings is 1. The zero-order chi connectivity index (χ0) is 12.5. The minimum absolute atomic E-state index is 0.193. The van der Waals surface area contributed by atoms with E-state index in [-0.39, 0.29) is 11.6 Å². The summed E-state index contributed by atoms with van der Waals surface area (Å²) in [6.45, 7) is 5.83. The second-order valence-corrected chi connectivity index (χ2v) is 5.75. The Morgan fingerprint density at radius 3 is 2.82 bits per heavy atom. The zero-order valence-corrected chi connectivity index (χ0v) is 10.9. The lowest BCUT2D eigenvalue weighted by Crippen LogP contribution is -2.43. The molecule has 0 saturated heterocycles. The molecule has 1 aromatic carbocycles. The summed E-state index contributed by atoms with van der Waals surface area (Å²) in [5.41, 5.74) is 3.29. The van der Waals surface area contributed by atoms with Crippen molar-refractivity contribution in [3.05, 3.63) is 23.7 Å². The molecule has 17 heavy (non-hydrogen) atoms. The molecule has 5 heteroatoms. The van der Waals surface area contributed by atoms with Crippen LogP contribution in [0.5, 0.6) is 0 Å². The van der Waals surface area contributed by atoms with Crippen molar-refractivity contribution in [1.29, 1.82) is 0 Å². The molecule has 1 aromatic heterocycles. The predicted octanol–water partition coefficient (Wildman–Crippen LogP) is 3.22. The van der Waals surface area contributed by atoms with Gasteiger partial charge in [0.15, 0.2) is 0 Å². The van der Waals surface area contributed by atoms with Crippen molar-refractivity contribution in [2.45, 2.75) is 26.3 Å². The third-order valence-electron chi connectivity index (χ3n) is 2.08. The summed E-state index contributed by atoms with van der Waals surface area (Å²) in [6.07, 6.45) is 0. The molecule has 90 valence electrons. The number of benzene rings is 1.